The largest absolute Gasteiger partial charge is 0.472 e. The molecule has 0 amide bonds. The van der Waals surface area contributed by atoms with Gasteiger partial charge in [-0.1, -0.05) is 343 Å². The predicted molar refractivity (Wildman–Crippen MR) is 386 cm³/mol. The number of phosphoric acid groups is 2. The first-order chi connectivity index (χ1) is 45.9. The number of carbonyl (C=O) groups excluding carboxylic acids is 4. The Morgan fingerprint density at radius 3 is 0.800 bits per heavy atom. The molecule has 0 aliphatic carbocycles. The molecule has 0 radical (unpaired) electrons. The molecule has 0 rings (SSSR count). The van der Waals surface area contributed by atoms with Gasteiger partial charge >= 0.3 is 39.5 Å². The number of aliphatic hydroxyl groups is 1. The monoisotopic (exact) mass is 1400 g/mol. The zero-order chi connectivity index (χ0) is 70.0. The Morgan fingerprint density at radius 1 is 0.305 bits per heavy atom. The summed E-state index contributed by atoms with van der Waals surface area (Å²) in [4.78, 5) is 72.7. The Bertz CT molecular complexity index is 1840. The fourth-order valence-corrected chi connectivity index (χ4v) is 13.2. The molecule has 6 atom stereocenters. The Labute approximate surface area is 581 Å². The van der Waals surface area contributed by atoms with Crippen LogP contribution in [0.5, 0.6) is 0 Å². The molecule has 17 nitrogen and oxygen atoms in total. The average Bonchev–Trinajstić information content (AvgIpc) is 2.33. The molecule has 564 valence electrons. The fraction of sp³-hybridized carbons (Fsp3) is 0.947. The molecule has 0 aliphatic rings. The first-order valence-electron chi connectivity index (χ1n) is 39.5. The topological polar surface area (TPSA) is 237 Å². The summed E-state index contributed by atoms with van der Waals surface area (Å²) in [5.41, 5.74) is 0. The highest BCUT2D eigenvalue weighted by Crippen LogP contribution is 2.45. The maximum Gasteiger partial charge on any atom is 0.472 e. The highest BCUT2D eigenvalue weighted by Gasteiger charge is 2.30. The van der Waals surface area contributed by atoms with Crippen LogP contribution in [0.15, 0.2) is 0 Å². The molecule has 0 fully saturated rings. The first-order valence-corrected chi connectivity index (χ1v) is 42.5. The zero-order valence-corrected chi connectivity index (χ0v) is 63.8. The Morgan fingerprint density at radius 2 is 0.537 bits per heavy atom. The van der Waals surface area contributed by atoms with E-state index in [9.17, 15) is 43.2 Å². The summed E-state index contributed by atoms with van der Waals surface area (Å²) in [6.45, 7) is 9.60. The minimum absolute atomic E-state index is 0.105. The van der Waals surface area contributed by atoms with Crippen LogP contribution in [0.2, 0.25) is 0 Å². The van der Waals surface area contributed by atoms with E-state index < -0.39 is 97.5 Å². The second-order valence-electron chi connectivity index (χ2n) is 28.1. The van der Waals surface area contributed by atoms with Crippen molar-refractivity contribution < 1.29 is 80.2 Å². The minimum atomic E-state index is -4.96. The van der Waals surface area contributed by atoms with Crippen molar-refractivity contribution in [2.45, 2.75) is 413 Å². The standard InChI is InChI=1S/C76H148O17P2/c1-7-10-12-14-16-18-19-20-21-22-23-27-30-35-41-47-53-59-74(79)87-65-72(92-75(80)60-54-48-42-36-31-28-25-24-26-29-34-39-45-51-57-69(6)9-3)67-91-95(84,85)89-63-70(77)62-88-94(82,83)90-66-71(64-86-73(78)58-52-46-40-17-15-13-11-8-2)93-76(81)61-55-49-43-37-32-33-38-44-50-56-68(4)5/h68-72,77H,7-67H2,1-6H3,(H,82,83)(H,84,85)/t69?,70-,71+,72+/m0/s1. The average molecular weight is 1400 g/mol. The summed E-state index contributed by atoms with van der Waals surface area (Å²) in [5.74, 6) is -0.536. The highest BCUT2D eigenvalue weighted by molar-refractivity contribution is 7.47. The number of hydrogen-bond acceptors (Lipinski definition) is 15. The molecule has 3 N–H and O–H groups in total. The molecule has 95 heavy (non-hydrogen) atoms. The molecule has 0 saturated carbocycles. The van der Waals surface area contributed by atoms with Crippen LogP contribution in [0.3, 0.4) is 0 Å². The van der Waals surface area contributed by atoms with E-state index in [1.54, 1.807) is 0 Å². The molecule has 0 aromatic heterocycles. The number of rotatable bonds is 75. The molecule has 0 bridgehead atoms. The van der Waals surface area contributed by atoms with Gasteiger partial charge in [0.15, 0.2) is 12.2 Å². The molecule has 0 aromatic carbocycles. The Hall–Kier alpha value is -1.94. The smallest absolute Gasteiger partial charge is 0.462 e. The van der Waals surface area contributed by atoms with Crippen LogP contribution in [-0.4, -0.2) is 96.7 Å². The van der Waals surface area contributed by atoms with E-state index in [4.69, 9.17) is 37.0 Å². The van der Waals surface area contributed by atoms with Crippen molar-refractivity contribution in [2.75, 3.05) is 39.6 Å². The number of unbranched alkanes of at least 4 members (excludes halogenated alkanes) is 44. The number of hydrogen-bond donors (Lipinski definition) is 3. The molecular weight excluding hydrogens is 1250 g/mol. The van der Waals surface area contributed by atoms with E-state index in [0.717, 1.165) is 108 Å². The number of esters is 4. The molecule has 19 heteroatoms. The second-order valence-corrected chi connectivity index (χ2v) is 31.0. The molecule has 0 saturated heterocycles. The van der Waals surface area contributed by atoms with Crippen molar-refractivity contribution >= 4 is 39.5 Å². The first kappa shape index (κ1) is 93.1. The van der Waals surface area contributed by atoms with Gasteiger partial charge in [0.25, 0.3) is 0 Å². The van der Waals surface area contributed by atoms with Gasteiger partial charge in [-0.25, -0.2) is 9.13 Å². The van der Waals surface area contributed by atoms with Crippen LogP contribution in [0.25, 0.3) is 0 Å². The van der Waals surface area contributed by atoms with Crippen LogP contribution in [-0.2, 0) is 65.4 Å². The third kappa shape index (κ3) is 69.0. The summed E-state index contributed by atoms with van der Waals surface area (Å²) < 4.78 is 68.5. The third-order valence-electron chi connectivity index (χ3n) is 18.1. The summed E-state index contributed by atoms with van der Waals surface area (Å²) in [6.07, 6.45) is 55.5. The van der Waals surface area contributed by atoms with Gasteiger partial charge in [-0.3, -0.25) is 37.3 Å². The lowest BCUT2D eigenvalue weighted by atomic mass is 9.99. The minimum Gasteiger partial charge on any atom is -0.462 e. The fourth-order valence-electron chi connectivity index (χ4n) is 11.6. The number of aliphatic hydroxyl groups excluding tert-OH is 1. The third-order valence-corrected chi connectivity index (χ3v) is 20.0. The van der Waals surface area contributed by atoms with Crippen molar-refractivity contribution in [3.8, 4) is 0 Å². The van der Waals surface area contributed by atoms with E-state index in [1.807, 2.05) is 0 Å². The Balaban J connectivity index is 5.21. The van der Waals surface area contributed by atoms with Crippen LogP contribution in [0, 0.1) is 11.8 Å². The summed E-state index contributed by atoms with van der Waals surface area (Å²) in [7, 11) is -9.91. The maximum atomic E-state index is 13.1. The van der Waals surface area contributed by atoms with Crippen molar-refractivity contribution in [2.24, 2.45) is 11.8 Å². The van der Waals surface area contributed by atoms with Gasteiger partial charge in [-0.05, 0) is 37.5 Å². The lowest BCUT2D eigenvalue weighted by Crippen LogP contribution is -2.30. The summed E-state index contributed by atoms with van der Waals surface area (Å²) >= 11 is 0. The number of ether oxygens (including phenoxy) is 4. The van der Waals surface area contributed by atoms with E-state index in [0.29, 0.717) is 25.7 Å². The Kier molecular flexibility index (Phi) is 66.5. The molecule has 0 spiro atoms. The lowest BCUT2D eigenvalue weighted by molar-refractivity contribution is -0.161. The van der Waals surface area contributed by atoms with Crippen molar-refractivity contribution in [1.82, 2.24) is 0 Å². The quantitative estimate of drug-likeness (QED) is 0.0222. The normalized spacial score (nSPS) is 14.3. The van der Waals surface area contributed by atoms with Crippen LogP contribution in [0.1, 0.15) is 395 Å². The van der Waals surface area contributed by atoms with Gasteiger partial charge in [0.05, 0.1) is 26.4 Å². The van der Waals surface area contributed by atoms with Gasteiger partial charge in [-0.15, -0.1) is 0 Å². The molecule has 0 aliphatic heterocycles. The summed E-state index contributed by atoms with van der Waals surface area (Å²) in [6, 6.07) is 0. The molecule has 3 unspecified atom stereocenters. The lowest BCUT2D eigenvalue weighted by Gasteiger charge is -2.21. The maximum absolute atomic E-state index is 13.1. The van der Waals surface area contributed by atoms with Gasteiger partial charge in [-0.2, -0.15) is 0 Å². The SMILES string of the molecule is CCCCCCCCCCCCCCCCCCCC(=O)OC[C@H](COP(=O)(O)OC[C@@H](O)COP(=O)(O)OC[C@@H](COC(=O)CCCCCCCCCC)OC(=O)CCCCCCCCCCCC(C)C)OC(=O)CCCCCCCCCCCCCCCCC(C)CC. The second kappa shape index (κ2) is 67.9. The van der Waals surface area contributed by atoms with E-state index in [-0.39, 0.29) is 25.7 Å². The van der Waals surface area contributed by atoms with Crippen molar-refractivity contribution in [3.05, 3.63) is 0 Å². The number of carbonyl (C=O) groups is 4. The number of phosphoric ester groups is 2. The van der Waals surface area contributed by atoms with Crippen LogP contribution >= 0.6 is 15.6 Å². The van der Waals surface area contributed by atoms with Crippen LogP contribution in [0.4, 0.5) is 0 Å². The van der Waals surface area contributed by atoms with Crippen molar-refractivity contribution in [3.63, 3.8) is 0 Å². The summed E-state index contributed by atoms with van der Waals surface area (Å²) in [5, 5.41) is 10.6. The highest BCUT2D eigenvalue weighted by atomic mass is 31.2. The van der Waals surface area contributed by atoms with E-state index >= 15 is 0 Å². The predicted octanol–water partition coefficient (Wildman–Crippen LogP) is 22.3. The van der Waals surface area contributed by atoms with E-state index in [1.165, 1.54) is 205 Å². The van der Waals surface area contributed by atoms with Gasteiger partial charge in [0, 0.05) is 25.7 Å². The zero-order valence-electron chi connectivity index (χ0n) is 62.0. The van der Waals surface area contributed by atoms with Gasteiger partial charge in [0.1, 0.15) is 19.3 Å². The van der Waals surface area contributed by atoms with Crippen molar-refractivity contribution in [1.29, 1.82) is 0 Å². The molecule has 0 aromatic rings. The van der Waals surface area contributed by atoms with E-state index in [2.05, 4.69) is 41.5 Å². The molecule has 0 heterocycles. The van der Waals surface area contributed by atoms with Gasteiger partial charge < -0.3 is 33.8 Å². The molecular formula is C76H148O17P2. The van der Waals surface area contributed by atoms with Crippen LogP contribution < -0.4 is 0 Å². The van der Waals surface area contributed by atoms with Gasteiger partial charge in [0.2, 0.25) is 0 Å².